The molecule has 1 saturated heterocycles. The first-order chi connectivity index (χ1) is 4.38. The van der Waals surface area contributed by atoms with E-state index in [4.69, 9.17) is 0 Å². The third-order valence-corrected chi connectivity index (χ3v) is 2.16. The van der Waals surface area contributed by atoms with Gasteiger partial charge < -0.3 is 10.4 Å². The molecule has 0 spiro atoms. The molecular weight excluding hydrogens is 112 g/mol. The Morgan fingerprint density at radius 3 is 3.44 bits per heavy atom. The fourth-order valence-electron chi connectivity index (χ4n) is 1.60. The van der Waals surface area contributed by atoms with Crippen LogP contribution >= 0.6 is 0 Å². The van der Waals surface area contributed by atoms with E-state index in [1.807, 2.05) is 6.20 Å². The summed E-state index contributed by atoms with van der Waals surface area (Å²) in [5.74, 6) is 0. The van der Waals surface area contributed by atoms with E-state index in [1.54, 1.807) is 0 Å². The maximum Gasteiger partial charge on any atom is 0.0153 e. The molecular formula is C7H11N2-. The van der Waals surface area contributed by atoms with Crippen LogP contribution in [0, 0.1) is 0 Å². The van der Waals surface area contributed by atoms with Gasteiger partial charge in [0, 0.05) is 6.04 Å². The molecule has 0 saturated carbocycles. The number of nitrogens with zero attached hydrogens (tertiary/aromatic N) is 2. The van der Waals surface area contributed by atoms with Gasteiger partial charge in [-0.2, -0.15) is 6.20 Å². The third kappa shape index (κ3) is 0.663. The number of hydrogen-bond donors (Lipinski definition) is 0. The molecule has 0 aromatic rings. The highest BCUT2D eigenvalue weighted by molar-refractivity contribution is 5.24. The quantitative estimate of drug-likeness (QED) is 0.479. The van der Waals surface area contributed by atoms with Crippen molar-refractivity contribution in [3.63, 3.8) is 0 Å². The van der Waals surface area contributed by atoms with Gasteiger partial charge >= 0.3 is 0 Å². The molecule has 0 bridgehead atoms. The Labute approximate surface area is 55.5 Å². The van der Waals surface area contributed by atoms with Crippen molar-refractivity contribution in [1.29, 1.82) is 0 Å². The van der Waals surface area contributed by atoms with Gasteiger partial charge in [-0.1, -0.05) is 5.57 Å². The summed E-state index contributed by atoms with van der Waals surface area (Å²) in [6.45, 7) is 3.33. The van der Waals surface area contributed by atoms with E-state index in [0.29, 0.717) is 6.04 Å². The van der Waals surface area contributed by atoms with Gasteiger partial charge in [-0.05, 0) is 26.3 Å². The Morgan fingerprint density at radius 1 is 1.78 bits per heavy atom. The van der Waals surface area contributed by atoms with E-state index in [0.717, 1.165) is 0 Å². The lowest BCUT2D eigenvalue weighted by Gasteiger charge is -2.29. The fourth-order valence-corrected chi connectivity index (χ4v) is 1.60. The van der Waals surface area contributed by atoms with Gasteiger partial charge in [0.15, 0.2) is 0 Å². The number of fused-ring (bicyclic) bond motifs is 1. The first-order valence-electron chi connectivity index (χ1n) is 3.52. The Hall–Kier alpha value is -0.500. The van der Waals surface area contributed by atoms with Crippen LogP contribution < -0.4 is 0 Å². The highest BCUT2D eigenvalue weighted by atomic mass is 15.5. The van der Waals surface area contributed by atoms with E-state index < -0.39 is 0 Å². The Morgan fingerprint density at radius 2 is 2.67 bits per heavy atom. The molecule has 0 aromatic heterocycles. The third-order valence-electron chi connectivity index (χ3n) is 2.16. The molecule has 1 atom stereocenters. The first-order valence-corrected chi connectivity index (χ1v) is 3.52. The second kappa shape index (κ2) is 1.74. The summed E-state index contributed by atoms with van der Waals surface area (Å²) in [7, 11) is 0. The van der Waals surface area contributed by atoms with Crippen LogP contribution in [0.1, 0.15) is 19.8 Å². The van der Waals surface area contributed by atoms with Crippen LogP contribution in [0.15, 0.2) is 11.8 Å². The average Bonchev–Trinajstić information content (AvgIpc) is 2.35. The highest BCUT2D eigenvalue weighted by Crippen LogP contribution is 2.31. The minimum atomic E-state index is 0.671. The minimum Gasteiger partial charge on any atom is -0.626 e. The summed E-state index contributed by atoms with van der Waals surface area (Å²) in [5.41, 5.74) is 5.69. The van der Waals surface area contributed by atoms with Crippen molar-refractivity contribution in [1.82, 2.24) is 5.01 Å². The molecule has 0 radical (unpaired) electrons. The zero-order valence-electron chi connectivity index (χ0n) is 5.67. The zero-order chi connectivity index (χ0) is 6.27. The molecule has 2 heteroatoms. The molecule has 9 heavy (non-hydrogen) atoms. The van der Waals surface area contributed by atoms with E-state index in [-0.39, 0.29) is 0 Å². The summed E-state index contributed by atoms with van der Waals surface area (Å²) in [6.07, 6.45) is 4.62. The van der Waals surface area contributed by atoms with E-state index in [1.165, 1.54) is 25.0 Å². The predicted molar refractivity (Wildman–Crippen MR) is 36.8 cm³/mol. The summed E-state index contributed by atoms with van der Waals surface area (Å²) < 4.78 is 0. The van der Waals surface area contributed by atoms with Gasteiger partial charge in [0.25, 0.3) is 0 Å². The SMILES string of the molecule is CC1=C[N-]N2CCCC12. The number of hydrogen-bond acceptors (Lipinski definition) is 1. The molecule has 2 heterocycles. The Balaban J connectivity index is 2.16. The highest BCUT2D eigenvalue weighted by Gasteiger charge is 2.21. The lowest BCUT2D eigenvalue weighted by Crippen LogP contribution is -2.19. The second-order valence-corrected chi connectivity index (χ2v) is 2.81. The van der Waals surface area contributed by atoms with Crippen LogP contribution in [0.3, 0.4) is 0 Å². The van der Waals surface area contributed by atoms with Crippen LogP contribution in [-0.2, 0) is 0 Å². The molecule has 1 fully saturated rings. The molecule has 2 aliphatic rings. The Bertz CT molecular complexity index is 151. The monoisotopic (exact) mass is 123 g/mol. The maximum atomic E-state index is 4.25. The summed E-state index contributed by atoms with van der Waals surface area (Å²) in [4.78, 5) is 0. The lowest BCUT2D eigenvalue weighted by molar-refractivity contribution is 0.389. The van der Waals surface area contributed by atoms with Gasteiger partial charge in [-0.15, -0.1) is 0 Å². The minimum absolute atomic E-state index is 0.671. The van der Waals surface area contributed by atoms with Crippen molar-refractivity contribution >= 4 is 0 Å². The van der Waals surface area contributed by atoms with E-state index in [9.17, 15) is 0 Å². The maximum absolute atomic E-state index is 4.25. The molecule has 2 rings (SSSR count). The summed E-state index contributed by atoms with van der Waals surface area (Å²) in [5, 5.41) is 2.19. The first kappa shape index (κ1) is 5.30. The Kier molecular flexibility index (Phi) is 1.02. The molecule has 1 unspecified atom stereocenters. The molecule has 0 amide bonds. The van der Waals surface area contributed by atoms with Crippen molar-refractivity contribution in [3.8, 4) is 0 Å². The topological polar surface area (TPSA) is 17.3 Å². The van der Waals surface area contributed by atoms with Crippen LogP contribution in [-0.4, -0.2) is 17.6 Å². The van der Waals surface area contributed by atoms with Crippen molar-refractivity contribution in [3.05, 3.63) is 17.2 Å². The van der Waals surface area contributed by atoms with Crippen molar-refractivity contribution in [2.24, 2.45) is 0 Å². The average molecular weight is 123 g/mol. The summed E-state index contributed by atoms with van der Waals surface area (Å²) in [6, 6.07) is 0.671. The molecule has 2 nitrogen and oxygen atoms in total. The van der Waals surface area contributed by atoms with Gasteiger partial charge in [-0.3, -0.25) is 0 Å². The molecule has 0 aliphatic carbocycles. The van der Waals surface area contributed by atoms with Crippen LogP contribution in [0.5, 0.6) is 0 Å². The molecule has 50 valence electrons. The van der Waals surface area contributed by atoms with E-state index >= 15 is 0 Å². The van der Waals surface area contributed by atoms with Gasteiger partial charge in [0.1, 0.15) is 0 Å². The van der Waals surface area contributed by atoms with Gasteiger partial charge in [0.05, 0.1) is 0 Å². The normalized spacial score (nSPS) is 33.9. The smallest absolute Gasteiger partial charge is 0.0153 e. The van der Waals surface area contributed by atoms with Crippen molar-refractivity contribution in [2.45, 2.75) is 25.8 Å². The lowest BCUT2D eigenvalue weighted by atomic mass is 10.1. The van der Waals surface area contributed by atoms with Crippen LogP contribution in [0.25, 0.3) is 5.43 Å². The van der Waals surface area contributed by atoms with Crippen LogP contribution in [0.2, 0.25) is 0 Å². The molecule has 2 aliphatic heterocycles. The van der Waals surface area contributed by atoms with Gasteiger partial charge in [0.2, 0.25) is 0 Å². The largest absolute Gasteiger partial charge is 0.626 e. The van der Waals surface area contributed by atoms with Crippen LogP contribution in [0.4, 0.5) is 0 Å². The van der Waals surface area contributed by atoms with E-state index in [2.05, 4.69) is 17.4 Å². The predicted octanol–water partition coefficient (Wildman–Crippen LogP) is 1.66. The summed E-state index contributed by atoms with van der Waals surface area (Å²) >= 11 is 0. The zero-order valence-corrected chi connectivity index (χ0v) is 5.67. The number of rotatable bonds is 0. The van der Waals surface area contributed by atoms with Crippen molar-refractivity contribution < 1.29 is 0 Å². The molecule has 0 N–H and O–H groups in total. The fraction of sp³-hybridized carbons (Fsp3) is 0.714. The van der Waals surface area contributed by atoms with Gasteiger partial charge in [-0.25, -0.2) is 0 Å². The second-order valence-electron chi connectivity index (χ2n) is 2.81. The molecule has 0 aromatic carbocycles. The van der Waals surface area contributed by atoms with Crippen molar-refractivity contribution in [2.75, 3.05) is 6.54 Å². The standard InChI is InChI=1S/C7H11N2/c1-6-5-8-9-4-2-3-7(6)9/h5,7H,2-4H2,1H3/q-1.